The van der Waals surface area contributed by atoms with Crippen LogP contribution in [-0.4, -0.2) is 40.1 Å². The zero-order valence-electron chi connectivity index (χ0n) is 10.6. The third kappa shape index (κ3) is 3.47. The molecule has 1 aliphatic rings. The number of aryl methyl sites for hydroxylation is 1. The maximum Gasteiger partial charge on any atom is 0.308 e. The van der Waals surface area contributed by atoms with Gasteiger partial charge in [0, 0.05) is 19.5 Å². The molecule has 2 N–H and O–H groups in total. The molecule has 0 aromatic heterocycles. The van der Waals surface area contributed by atoms with Crippen molar-refractivity contribution in [1.82, 2.24) is 4.90 Å². The molecule has 0 spiro atoms. The highest BCUT2D eigenvalue weighted by Gasteiger charge is 2.33. The lowest BCUT2D eigenvalue weighted by Gasteiger charge is -2.15. The van der Waals surface area contributed by atoms with E-state index in [0.29, 0.717) is 13.1 Å². The predicted molar refractivity (Wildman–Crippen MR) is 68.8 cm³/mol. The number of hydrogen-bond donors (Lipinski definition) is 2. The molecule has 1 fully saturated rings. The largest absolute Gasteiger partial charge is 0.508 e. The molecule has 102 valence electrons. The molecular weight excluding hydrogens is 246 g/mol. The fourth-order valence-electron chi connectivity index (χ4n) is 2.34. The number of hydrogen-bond acceptors (Lipinski definition) is 3. The van der Waals surface area contributed by atoms with E-state index < -0.39 is 11.9 Å². The van der Waals surface area contributed by atoms with Crippen LogP contribution in [0.15, 0.2) is 24.3 Å². The minimum absolute atomic E-state index is 0.0803. The van der Waals surface area contributed by atoms with Gasteiger partial charge >= 0.3 is 5.97 Å². The summed E-state index contributed by atoms with van der Waals surface area (Å²) in [5.74, 6) is -1.30. The molecule has 2 rings (SSSR count). The molecule has 1 amide bonds. The summed E-state index contributed by atoms with van der Waals surface area (Å²) < 4.78 is 0. The third-order valence-electron chi connectivity index (χ3n) is 3.37. The molecule has 1 atom stereocenters. The van der Waals surface area contributed by atoms with Crippen LogP contribution in [0.4, 0.5) is 0 Å². The van der Waals surface area contributed by atoms with Gasteiger partial charge in [0.15, 0.2) is 0 Å². The van der Waals surface area contributed by atoms with Gasteiger partial charge in [-0.05, 0) is 30.5 Å². The Balaban J connectivity index is 1.80. The van der Waals surface area contributed by atoms with Gasteiger partial charge in [0.05, 0.1) is 5.92 Å². The van der Waals surface area contributed by atoms with Gasteiger partial charge < -0.3 is 15.1 Å². The van der Waals surface area contributed by atoms with Crippen molar-refractivity contribution >= 4 is 11.9 Å². The van der Waals surface area contributed by atoms with E-state index in [-0.39, 0.29) is 18.1 Å². The highest BCUT2D eigenvalue weighted by Crippen LogP contribution is 2.19. The van der Waals surface area contributed by atoms with E-state index in [9.17, 15) is 14.7 Å². The molecule has 0 aliphatic carbocycles. The van der Waals surface area contributed by atoms with Gasteiger partial charge in [0.25, 0.3) is 0 Å². The van der Waals surface area contributed by atoms with Crippen LogP contribution in [-0.2, 0) is 16.0 Å². The number of carboxylic acids is 1. The number of aromatic hydroxyl groups is 1. The Kier molecular flexibility index (Phi) is 4.04. The van der Waals surface area contributed by atoms with Crippen LogP contribution in [0.2, 0.25) is 0 Å². The summed E-state index contributed by atoms with van der Waals surface area (Å²) in [5.41, 5.74) is 1.02. The van der Waals surface area contributed by atoms with E-state index in [1.807, 2.05) is 6.07 Å². The van der Waals surface area contributed by atoms with Crippen molar-refractivity contribution in [2.45, 2.75) is 19.3 Å². The first-order valence-electron chi connectivity index (χ1n) is 6.35. The lowest BCUT2D eigenvalue weighted by atomic mass is 10.1. The molecule has 5 nitrogen and oxygen atoms in total. The molecule has 0 saturated carbocycles. The smallest absolute Gasteiger partial charge is 0.308 e. The Morgan fingerprint density at radius 2 is 2.21 bits per heavy atom. The number of likely N-dealkylation sites (tertiary alicyclic amines) is 1. The lowest BCUT2D eigenvalue weighted by Crippen LogP contribution is -2.27. The Bertz CT molecular complexity index is 486. The first kappa shape index (κ1) is 13.4. The molecule has 1 aromatic carbocycles. The minimum atomic E-state index is -0.899. The first-order chi connectivity index (χ1) is 9.06. The zero-order chi connectivity index (χ0) is 13.8. The molecule has 1 unspecified atom stereocenters. The van der Waals surface area contributed by atoms with Gasteiger partial charge in [0.2, 0.25) is 5.91 Å². The van der Waals surface area contributed by atoms with E-state index in [2.05, 4.69) is 0 Å². The summed E-state index contributed by atoms with van der Waals surface area (Å²) in [6.07, 6.45) is 1.64. The number of rotatable bonds is 5. The number of carbonyl (C=O) groups is 2. The fraction of sp³-hybridized carbons (Fsp3) is 0.429. The topological polar surface area (TPSA) is 77.8 Å². The fourth-order valence-corrected chi connectivity index (χ4v) is 2.34. The van der Waals surface area contributed by atoms with E-state index in [1.54, 1.807) is 23.1 Å². The normalized spacial score (nSPS) is 18.8. The Hall–Kier alpha value is -2.04. The van der Waals surface area contributed by atoms with Crippen LogP contribution in [0.1, 0.15) is 18.4 Å². The first-order valence-corrected chi connectivity index (χ1v) is 6.35. The number of nitrogens with zero attached hydrogens (tertiary/aromatic N) is 1. The second-order valence-electron chi connectivity index (χ2n) is 4.85. The van der Waals surface area contributed by atoms with Crippen molar-refractivity contribution in [3.63, 3.8) is 0 Å². The zero-order valence-corrected chi connectivity index (χ0v) is 10.6. The summed E-state index contributed by atoms with van der Waals surface area (Å²) in [6.45, 7) is 0.881. The van der Waals surface area contributed by atoms with Gasteiger partial charge in [-0.3, -0.25) is 9.59 Å². The maximum absolute atomic E-state index is 11.6. The van der Waals surface area contributed by atoms with E-state index >= 15 is 0 Å². The number of phenolic OH excluding ortho intramolecular Hbond substituents is 1. The van der Waals surface area contributed by atoms with Crippen molar-refractivity contribution in [2.24, 2.45) is 5.92 Å². The Morgan fingerprint density at radius 3 is 2.84 bits per heavy atom. The molecule has 0 radical (unpaired) electrons. The number of phenols is 1. The summed E-state index contributed by atoms with van der Waals surface area (Å²) in [6, 6.07) is 7.02. The lowest BCUT2D eigenvalue weighted by molar-refractivity contribution is -0.141. The van der Waals surface area contributed by atoms with Crippen molar-refractivity contribution in [1.29, 1.82) is 0 Å². The highest BCUT2D eigenvalue weighted by molar-refractivity contribution is 5.86. The number of carbonyl (C=O) groups excluding carboxylic acids is 1. The SMILES string of the molecule is O=C(O)C1CC(=O)N(CCCc2cccc(O)c2)C1. The Labute approximate surface area is 111 Å². The van der Waals surface area contributed by atoms with Crippen LogP contribution < -0.4 is 0 Å². The number of aliphatic carboxylic acids is 1. The van der Waals surface area contributed by atoms with Crippen LogP contribution in [0.25, 0.3) is 0 Å². The van der Waals surface area contributed by atoms with Crippen LogP contribution >= 0.6 is 0 Å². The van der Waals surface area contributed by atoms with E-state index in [1.165, 1.54) is 0 Å². The van der Waals surface area contributed by atoms with Crippen LogP contribution in [0.5, 0.6) is 5.75 Å². The second kappa shape index (κ2) is 5.73. The molecule has 0 bridgehead atoms. The number of carboxylic acid groups (broad SMARTS) is 1. The van der Waals surface area contributed by atoms with Gasteiger partial charge in [-0.15, -0.1) is 0 Å². The average molecular weight is 263 g/mol. The van der Waals surface area contributed by atoms with Gasteiger partial charge in [-0.2, -0.15) is 0 Å². The predicted octanol–water partition coefficient (Wildman–Crippen LogP) is 1.26. The minimum Gasteiger partial charge on any atom is -0.508 e. The molecule has 1 heterocycles. The molecular formula is C14H17NO4. The number of amides is 1. The molecule has 1 saturated heterocycles. The van der Waals surface area contributed by atoms with Crippen molar-refractivity contribution in [3.8, 4) is 5.75 Å². The maximum atomic E-state index is 11.6. The van der Waals surface area contributed by atoms with Crippen molar-refractivity contribution < 1.29 is 19.8 Å². The number of benzene rings is 1. The Morgan fingerprint density at radius 1 is 1.42 bits per heavy atom. The summed E-state index contributed by atoms with van der Waals surface area (Å²) >= 11 is 0. The second-order valence-corrected chi connectivity index (χ2v) is 4.85. The molecule has 19 heavy (non-hydrogen) atoms. The highest BCUT2D eigenvalue weighted by atomic mass is 16.4. The standard InChI is InChI=1S/C14H17NO4/c16-12-5-1-3-10(7-12)4-2-6-15-9-11(14(18)19)8-13(15)17/h1,3,5,7,11,16H,2,4,6,8-9H2,(H,18,19). The summed E-state index contributed by atoms with van der Waals surface area (Å²) in [7, 11) is 0. The summed E-state index contributed by atoms with van der Waals surface area (Å²) in [4.78, 5) is 24.0. The van der Waals surface area contributed by atoms with Gasteiger partial charge in [-0.1, -0.05) is 12.1 Å². The molecule has 1 aliphatic heterocycles. The van der Waals surface area contributed by atoms with Gasteiger partial charge in [-0.25, -0.2) is 0 Å². The monoisotopic (exact) mass is 263 g/mol. The average Bonchev–Trinajstić information content (AvgIpc) is 2.71. The summed E-state index contributed by atoms with van der Waals surface area (Å²) in [5, 5.41) is 18.2. The van der Waals surface area contributed by atoms with E-state index in [4.69, 9.17) is 5.11 Å². The van der Waals surface area contributed by atoms with E-state index in [0.717, 1.165) is 18.4 Å². The third-order valence-corrected chi connectivity index (χ3v) is 3.37. The van der Waals surface area contributed by atoms with Crippen molar-refractivity contribution in [3.05, 3.63) is 29.8 Å². The quantitative estimate of drug-likeness (QED) is 0.838. The van der Waals surface area contributed by atoms with Crippen LogP contribution in [0.3, 0.4) is 0 Å². The molecule has 1 aromatic rings. The van der Waals surface area contributed by atoms with Crippen LogP contribution in [0, 0.1) is 5.92 Å². The molecule has 5 heteroatoms. The van der Waals surface area contributed by atoms with Crippen molar-refractivity contribution in [2.75, 3.05) is 13.1 Å². The van der Waals surface area contributed by atoms with Gasteiger partial charge in [0.1, 0.15) is 5.75 Å².